The zero-order valence-corrected chi connectivity index (χ0v) is 13.1. The molecule has 22 heavy (non-hydrogen) atoms. The van der Waals surface area contributed by atoms with Crippen LogP contribution in [-0.2, 0) is 17.7 Å². The number of aromatic nitrogens is 2. The van der Waals surface area contributed by atoms with E-state index in [4.69, 9.17) is 16.3 Å². The molecule has 2 heterocycles. The molecule has 6 heteroatoms. The van der Waals surface area contributed by atoms with E-state index < -0.39 is 0 Å². The number of nitrogens with zero attached hydrogens (tertiary/aromatic N) is 2. The number of fused-ring (bicyclic) bond motifs is 1. The molecule has 0 saturated heterocycles. The Morgan fingerprint density at radius 1 is 1.55 bits per heavy atom. The first-order chi connectivity index (χ1) is 10.7. The van der Waals surface area contributed by atoms with Gasteiger partial charge in [-0.1, -0.05) is 23.7 Å². The second-order valence-electron chi connectivity index (χ2n) is 5.38. The van der Waals surface area contributed by atoms with Crippen molar-refractivity contribution in [2.45, 2.75) is 25.4 Å². The number of rotatable bonds is 5. The van der Waals surface area contributed by atoms with Crippen molar-refractivity contribution in [3.8, 4) is 0 Å². The molecule has 1 aliphatic heterocycles. The Labute approximate surface area is 134 Å². The summed E-state index contributed by atoms with van der Waals surface area (Å²) < 4.78 is 7.25. The Morgan fingerprint density at radius 2 is 2.41 bits per heavy atom. The lowest BCUT2D eigenvalue weighted by Crippen LogP contribution is -2.31. The molecule has 1 amide bonds. The van der Waals surface area contributed by atoms with Gasteiger partial charge in [-0.25, -0.2) is 4.98 Å². The molecule has 3 rings (SSSR count). The van der Waals surface area contributed by atoms with E-state index in [1.807, 2.05) is 29.0 Å². The normalized spacial score (nSPS) is 14.6. The first-order valence-electron chi connectivity index (χ1n) is 7.28. The van der Waals surface area contributed by atoms with Gasteiger partial charge < -0.3 is 14.6 Å². The SMILES string of the molecule is COCC(NC(=O)c1cn2c(n1)CCC2)c1cccc(Cl)c1. The van der Waals surface area contributed by atoms with E-state index in [-0.39, 0.29) is 11.9 Å². The van der Waals surface area contributed by atoms with Crippen molar-refractivity contribution in [2.75, 3.05) is 13.7 Å². The molecule has 1 atom stereocenters. The van der Waals surface area contributed by atoms with E-state index in [0.29, 0.717) is 17.3 Å². The highest BCUT2D eigenvalue weighted by Gasteiger charge is 2.21. The van der Waals surface area contributed by atoms with Gasteiger partial charge in [0.25, 0.3) is 5.91 Å². The molecular weight excluding hydrogens is 302 g/mol. The second kappa shape index (κ2) is 6.50. The van der Waals surface area contributed by atoms with Gasteiger partial charge in [0.2, 0.25) is 0 Å². The summed E-state index contributed by atoms with van der Waals surface area (Å²) in [7, 11) is 1.61. The van der Waals surface area contributed by atoms with Crippen LogP contribution in [0.15, 0.2) is 30.5 Å². The van der Waals surface area contributed by atoms with Crippen molar-refractivity contribution in [3.63, 3.8) is 0 Å². The fourth-order valence-corrected chi connectivity index (χ4v) is 2.91. The van der Waals surface area contributed by atoms with Gasteiger partial charge >= 0.3 is 0 Å². The first kappa shape index (κ1) is 15.1. The Hall–Kier alpha value is -1.85. The number of aryl methyl sites for hydroxylation is 2. The maximum absolute atomic E-state index is 12.4. The minimum atomic E-state index is -0.257. The number of halogens is 1. The molecule has 1 aromatic carbocycles. The van der Waals surface area contributed by atoms with Crippen LogP contribution in [0.2, 0.25) is 5.02 Å². The van der Waals surface area contributed by atoms with Gasteiger partial charge in [0.15, 0.2) is 0 Å². The maximum atomic E-state index is 12.4. The summed E-state index contributed by atoms with van der Waals surface area (Å²) in [5.74, 6) is 0.792. The number of hydrogen-bond acceptors (Lipinski definition) is 3. The predicted octanol–water partition coefficient (Wildman–Crippen LogP) is 2.60. The van der Waals surface area contributed by atoms with Gasteiger partial charge in [-0.2, -0.15) is 0 Å². The molecule has 0 radical (unpaired) electrons. The minimum Gasteiger partial charge on any atom is -0.382 e. The summed E-state index contributed by atoms with van der Waals surface area (Å²) in [4.78, 5) is 16.8. The van der Waals surface area contributed by atoms with E-state index in [1.165, 1.54) is 0 Å². The van der Waals surface area contributed by atoms with Crippen molar-refractivity contribution in [1.82, 2.24) is 14.9 Å². The molecule has 1 aliphatic rings. The van der Waals surface area contributed by atoms with Crippen molar-refractivity contribution in [1.29, 1.82) is 0 Å². The Bertz CT molecular complexity index is 662. The summed E-state index contributed by atoms with van der Waals surface area (Å²) in [6.45, 7) is 1.31. The van der Waals surface area contributed by atoms with Crippen LogP contribution in [0, 0.1) is 0 Å². The Morgan fingerprint density at radius 3 is 3.14 bits per heavy atom. The molecule has 116 valence electrons. The van der Waals surface area contributed by atoms with Crippen molar-refractivity contribution < 1.29 is 9.53 Å². The van der Waals surface area contributed by atoms with Gasteiger partial charge in [0.05, 0.1) is 12.6 Å². The highest BCUT2D eigenvalue weighted by Crippen LogP contribution is 2.19. The molecule has 0 fully saturated rings. The zero-order chi connectivity index (χ0) is 15.5. The van der Waals surface area contributed by atoms with E-state index in [1.54, 1.807) is 13.2 Å². The zero-order valence-electron chi connectivity index (χ0n) is 12.4. The van der Waals surface area contributed by atoms with Gasteiger partial charge in [0, 0.05) is 31.3 Å². The number of hydrogen-bond donors (Lipinski definition) is 1. The molecule has 1 N–H and O–H groups in total. The van der Waals surface area contributed by atoms with Crippen molar-refractivity contribution >= 4 is 17.5 Å². The number of carbonyl (C=O) groups is 1. The van der Waals surface area contributed by atoms with E-state index in [0.717, 1.165) is 30.8 Å². The molecule has 1 unspecified atom stereocenters. The maximum Gasteiger partial charge on any atom is 0.272 e. The van der Waals surface area contributed by atoms with Gasteiger partial charge in [-0.15, -0.1) is 0 Å². The lowest BCUT2D eigenvalue weighted by molar-refractivity contribution is 0.0891. The number of methoxy groups -OCH3 is 1. The van der Waals surface area contributed by atoms with Crippen LogP contribution in [0.5, 0.6) is 0 Å². The monoisotopic (exact) mass is 319 g/mol. The van der Waals surface area contributed by atoms with E-state index in [9.17, 15) is 4.79 Å². The van der Waals surface area contributed by atoms with Gasteiger partial charge in [-0.3, -0.25) is 4.79 Å². The van der Waals surface area contributed by atoms with E-state index in [2.05, 4.69) is 10.3 Å². The molecule has 0 spiro atoms. The first-order valence-corrected chi connectivity index (χ1v) is 7.66. The summed E-state index contributed by atoms with van der Waals surface area (Å²) in [5, 5.41) is 3.60. The molecule has 1 aromatic heterocycles. The third kappa shape index (κ3) is 3.15. The third-order valence-electron chi connectivity index (χ3n) is 3.78. The number of amides is 1. The Balaban J connectivity index is 1.76. The lowest BCUT2D eigenvalue weighted by atomic mass is 10.1. The molecule has 0 aliphatic carbocycles. The third-order valence-corrected chi connectivity index (χ3v) is 4.02. The average Bonchev–Trinajstić information content (AvgIpc) is 3.08. The number of imidazole rings is 1. The largest absolute Gasteiger partial charge is 0.382 e. The number of nitrogens with one attached hydrogen (secondary N) is 1. The number of benzene rings is 1. The minimum absolute atomic E-state index is 0.191. The highest BCUT2D eigenvalue weighted by atomic mass is 35.5. The fourth-order valence-electron chi connectivity index (χ4n) is 2.71. The molecular formula is C16H18ClN3O2. The summed E-state index contributed by atoms with van der Waals surface area (Å²) in [6, 6.07) is 7.16. The van der Waals surface area contributed by atoms with Crippen LogP contribution >= 0.6 is 11.6 Å². The second-order valence-corrected chi connectivity index (χ2v) is 5.81. The van der Waals surface area contributed by atoms with E-state index >= 15 is 0 Å². The summed E-state index contributed by atoms with van der Waals surface area (Å²) in [6.07, 6.45) is 3.85. The lowest BCUT2D eigenvalue weighted by Gasteiger charge is -2.18. The molecule has 0 bridgehead atoms. The molecule has 2 aromatic rings. The fraction of sp³-hybridized carbons (Fsp3) is 0.375. The van der Waals surface area contributed by atoms with Crippen molar-refractivity contribution in [3.05, 3.63) is 52.6 Å². The van der Waals surface area contributed by atoms with Gasteiger partial charge in [-0.05, 0) is 24.1 Å². The predicted molar refractivity (Wildman–Crippen MR) is 84.1 cm³/mol. The smallest absolute Gasteiger partial charge is 0.272 e. The quantitative estimate of drug-likeness (QED) is 0.921. The highest BCUT2D eigenvalue weighted by molar-refractivity contribution is 6.30. The number of ether oxygens (including phenoxy) is 1. The van der Waals surface area contributed by atoms with Gasteiger partial charge in [0.1, 0.15) is 11.5 Å². The standard InChI is InChI=1S/C16H18ClN3O2/c1-22-10-14(11-4-2-5-12(17)8-11)19-16(21)13-9-20-7-3-6-15(20)18-13/h2,4-5,8-9,14H,3,6-7,10H2,1H3,(H,19,21). The molecule has 5 nitrogen and oxygen atoms in total. The van der Waals surface area contributed by atoms with Crippen LogP contribution in [-0.4, -0.2) is 29.2 Å². The Kier molecular flexibility index (Phi) is 4.45. The van der Waals surface area contributed by atoms with Crippen LogP contribution < -0.4 is 5.32 Å². The summed E-state index contributed by atoms with van der Waals surface area (Å²) in [5.41, 5.74) is 1.37. The number of carbonyl (C=O) groups excluding carboxylic acids is 1. The average molecular weight is 320 g/mol. The molecule has 0 saturated carbocycles. The van der Waals surface area contributed by atoms with Crippen LogP contribution in [0.1, 0.15) is 34.3 Å². The summed E-state index contributed by atoms with van der Waals surface area (Å²) >= 11 is 6.02. The van der Waals surface area contributed by atoms with Crippen LogP contribution in [0.25, 0.3) is 0 Å². The van der Waals surface area contributed by atoms with Crippen LogP contribution in [0.4, 0.5) is 0 Å². The van der Waals surface area contributed by atoms with Crippen molar-refractivity contribution in [2.24, 2.45) is 0 Å². The van der Waals surface area contributed by atoms with Crippen LogP contribution in [0.3, 0.4) is 0 Å². The topological polar surface area (TPSA) is 56.1 Å².